The number of rotatable bonds is 7. The van der Waals surface area contributed by atoms with Gasteiger partial charge in [0.15, 0.2) is 5.96 Å². The van der Waals surface area contributed by atoms with Gasteiger partial charge in [-0.15, -0.1) is 0 Å². The predicted octanol–water partition coefficient (Wildman–Crippen LogP) is 2.00. The van der Waals surface area contributed by atoms with E-state index in [0.29, 0.717) is 18.5 Å². The third-order valence-corrected chi connectivity index (χ3v) is 5.02. The quantitative estimate of drug-likeness (QED) is 0.567. The molecule has 0 atom stereocenters. The van der Waals surface area contributed by atoms with Crippen LogP contribution < -0.4 is 10.6 Å². The number of hydrogen-bond donors (Lipinski definition) is 2. The highest BCUT2D eigenvalue weighted by atomic mass is 16.2. The molecule has 2 aromatic rings. The molecule has 28 heavy (non-hydrogen) atoms. The van der Waals surface area contributed by atoms with Crippen LogP contribution in [-0.2, 0) is 17.9 Å². The van der Waals surface area contributed by atoms with Crippen LogP contribution in [0.3, 0.4) is 0 Å². The normalized spacial score (nSPS) is 14.9. The highest BCUT2D eigenvalue weighted by Crippen LogP contribution is 2.17. The van der Waals surface area contributed by atoms with E-state index in [1.54, 1.807) is 25.2 Å². The summed E-state index contributed by atoms with van der Waals surface area (Å²) >= 11 is 0. The summed E-state index contributed by atoms with van der Waals surface area (Å²) in [5.74, 6) is 0.732. The molecule has 0 unspecified atom stereocenters. The lowest BCUT2D eigenvalue weighted by atomic mass is 10.1. The Balaban J connectivity index is 1.69. The second-order valence-electron chi connectivity index (χ2n) is 7.40. The number of guanidine groups is 1. The molecule has 1 aliphatic rings. The van der Waals surface area contributed by atoms with Crippen molar-refractivity contribution in [2.45, 2.75) is 44.8 Å². The van der Waals surface area contributed by atoms with E-state index in [2.05, 4.69) is 27.9 Å². The van der Waals surface area contributed by atoms with Gasteiger partial charge in [0.25, 0.3) is 0 Å². The molecule has 1 saturated carbocycles. The van der Waals surface area contributed by atoms with E-state index >= 15 is 0 Å². The minimum absolute atomic E-state index is 0.0278. The van der Waals surface area contributed by atoms with Gasteiger partial charge in [-0.3, -0.25) is 9.48 Å². The Morgan fingerprint density at radius 2 is 1.96 bits per heavy atom. The lowest BCUT2D eigenvalue weighted by Crippen LogP contribution is -2.46. The van der Waals surface area contributed by atoms with Gasteiger partial charge < -0.3 is 15.5 Å². The van der Waals surface area contributed by atoms with Crippen LogP contribution in [0.2, 0.25) is 0 Å². The molecular weight excluding hydrogens is 352 g/mol. The molecule has 0 spiro atoms. The lowest BCUT2D eigenvalue weighted by Gasteiger charge is -2.19. The summed E-state index contributed by atoms with van der Waals surface area (Å²) in [6.07, 6.45) is 8.54. The monoisotopic (exact) mass is 382 g/mol. The van der Waals surface area contributed by atoms with Crippen molar-refractivity contribution in [2.24, 2.45) is 4.99 Å². The van der Waals surface area contributed by atoms with Crippen molar-refractivity contribution in [1.82, 2.24) is 25.3 Å². The van der Waals surface area contributed by atoms with Crippen LogP contribution in [0.25, 0.3) is 0 Å². The molecule has 1 amide bonds. The first kappa shape index (κ1) is 19.9. The van der Waals surface area contributed by atoms with Crippen LogP contribution in [0, 0.1) is 0 Å². The van der Waals surface area contributed by atoms with Gasteiger partial charge in [-0.25, -0.2) is 4.99 Å². The van der Waals surface area contributed by atoms with Crippen LogP contribution in [0.1, 0.15) is 36.8 Å². The molecule has 0 saturated heterocycles. The number of aromatic nitrogens is 2. The fourth-order valence-electron chi connectivity index (χ4n) is 3.33. The fraction of sp³-hybridized carbons (Fsp3) is 0.476. The van der Waals surface area contributed by atoms with E-state index in [4.69, 9.17) is 4.99 Å². The SMILES string of the molecule is CN(C)C(=O)CNC(=NCc1ccccc1Cn1cccn1)NC1CCCC1. The van der Waals surface area contributed by atoms with Gasteiger partial charge in [0.1, 0.15) is 0 Å². The molecule has 3 rings (SSSR count). The zero-order valence-electron chi connectivity index (χ0n) is 16.8. The molecule has 1 aliphatic carbocycles. The maximum absolute atomic E-state index is 12.0. The zero-order chi connectivity index (χ0) is 19.8. The summed E-state index contributed by atoms with van der Waals surface area (Å²) in [6, 6.07) is 10.6. The Labute approximate surface area is 166 Å². The number of amides is 1. The highest BCUT2D eigenvalue weighted by Gasteiger charge is 2.17. The number of carbonyl (C=O) groups is 1. The maximum Gasteiger partial charge on any atom is 0.241 e. The van der Waals surface area contributed by atoms with Crippen molar-refractivity contribution in [3.8, 4) is 0 Å². The fourth-order valence-corrected chi connectivity index (χ4v) is 3.33. The minimum Gasteiger partial charge on any atom is -0.354 e. The lowest BCUT2D eigenvalue weighted by molar-refractivity contribution is -0.127. The van der Waals surface area contributed by atoms with Crippen LogP contribution in [0.5, 0.6) is 0 Å². The minimum atomic E-state index is 0.0278. The molecule has 2 N–H and O–H groups in total. The molecular formula is C21H30N6O. The van der Waals surface area contributed by atoms with Crippen molar-refractivity contribution in [2.75, 3.05) is 20.6 Å². The molecule has 1 aromatic heterocycles. The second kappa shape index (κ2) is 9.92. The third kappa shape index (κ3) is 5.84. The van der Waals surface area contributed by atoms with Gasteiger partial charge in [0.2, 0.25) is 5.91 Å². The summed E-state index contributed by atoms with van der Waals surface area (Å²) in [5, 5.41) is 11.0. The third-order valence-electron chi connectivity index (χ3n) is 5.02. The zero-order valence-corrected chi connectivity index (χ0v) is 16.8. The number of hydrogen-bond acceptors (Lipinski definition) is 3. The van der Waals surface area contributed by atoms with E-state index in [1.165, 1.54) is 18.4 Å². The Kier molecular flexibility index (Phi) is 7.06. The van der Waals surface area contributed by atoms with E-state index in [9.17, 15) is 4.79 Å². The molecule has 0 bridgehead atoms. The molecule has 1 heterocycles. The van der Waals surface area contributed by atoms with Gasteiger partial charge in [0, 0.05) is 32.5 Å². The van der Waals surface area contributed by atoms with Crippen molar-refractivity contribution in [3.05, 3.63) is 53.9 Å². The maximum atomic E-state index is 12.0. The standard InChI is InChI=1S/C21H30N6O/c1-26(2)20(28)15-23-21(25-19-10-5-6-11-19)22-14-17-8-3-4-9-18(17)16-27-13-7-12-24-27/h3-4,7-9,12-13,19H,5-6,10-11,14-16H2,1-2H3,(H2,22,23,25). The number of nitrogens with zero attached hydrogens (tertiary/aromatic N) is 4. The number of carbonyl (C=O) groups excluding carboxylic acids is 1. The first-order valence-electron chi connectivity index (χ1n) is 9.91. The smallest absolute Gasteiger partial charge is 0.241 e. The summed E-state index contributed by atoms with van der Waals surface area (Å²) in [4.78, 5) is 18.3. The van der Waals surface area contributed by atoms with E-state index in [1.807, 2.05) is 29.1 Å². The first-order valence-corrected chi connectivity index (χ1v) is 9.91. The van der Waals surface area contributed by atoms with Crippen molar-refractivity contribution in [3.63, 3.8) is 0 Å². The van der Waals surface area contributed by atoms with E-state index < -0.39 is 0 Å². The van der Waals surface area contributed by atoms with Gasteiger partial charge in [-0.2, -0.15) is 5.10 Å². The first-order chi connectivity index (χ1) is 13.6. The van der Waals surface area contributed by atoms with Crippen LogP contribution in [0.15, 0.2) is 47.7 Å². The van der Waals surface area contributed by atoms with Gasteiger partial charge in [0.05, 0.1) is 19.6 Å². The van der Waals surface area contributed by atoms with E-state index in [0.717, 1.165) is 24.9 Å². The molecule has 7 nitrogen and oxygen atoms in total. The number of likely N-dealkylation sites (N-methyl/N-ethyl adjacent to an activating group) is 1. The van der Waals surface area contributed by atoms with Crippen LogP contribution in [-0.4, -0.2) is 53.2 Å². The van der Waals surface area contributed by atoms with Crippen molar-refractivity contribution < 1.29 is 4.79 Å². The predicted molar refractivity (Wildman–Crippen MR) is 111 cm³/mol. The molecule has 0 radical (unpaired) electrons. The second-order valence-corrected chi connectivity index (χ2v) is 7.40. The Bertz CT molecular complexity index is 778. The van der Waals surface area contributed by atoms with Gasteiger partial charge in [-0.05, 0) is 30.0 Å². The van der Waals surface area contributed by atoms with Gasteiger partial charge in [-0.1, -0.05) is 37.1 Å². The molecule has 0 aliphatic heterocycles. The summed E-state index contributed by atoms with van der Waals surface area (Å²) in [6.45, 7) is 1.51. The Morgan fingerprint density at radius 1 is 1.21 bits per heavy atom. The topological polar surface area (TPSA) is 74.5 Å². The highest BCUT2D eigenvalue weighted by molar-refractivity contribution is 5.86. The molecule has 1 fully saturated rings. The van der Waals surface area contributed by atoms with Crippen LogP contribution >= 0.6 is 0 Å². The summed E-state index contributed by atoms with van der Waals surface area (Å²) in [5.41, 5.74) is 2.35. The average Bonchev–Trinajstić information content (AvgIpc) is 3.38. The molecule has 1 aromatic carbocycles. The Hall–Kier alpha value is -2.83. The van der Waals surface area contributed by atoms with Crippen LogP contribution in [0.4, 0.5) is 0 Å². The molecule has 7 heteroatoms. The van der Waals surface area contributed by atoms with Crippen molar-refractivity contribution in [1.29, 1.82) is 0 Å². The largest absolute Gasteiger partial charge is 0.354 e. The summed E-state index contributed by atoms with van der Waals surface area (Å²) in [7, 11) is 3.52. The van der Waals surface area contributed by atoms with Crippen molar-refractivity contribution >= 4 is 11.9 Å². The van der Waals surface area contributed by atoms with Gasteiger partial charge >= 0.3 is 0 Å². The number of nitrogens with one attached hydrogen (secondary N) is 2. The number of aliphatic imine (C=N–C) groups is 1. The molecule has 150 valence electrons. The number of benzene rings is 1. The van der Waals surface area contributed by atoms with E-state index in [-0.39, 0.29) is 12.5 Å². The Morgan fingerprint density at radius 3 is 2.64 bits per heavy atom. The summed E-state index contributed by atoms with van der Waals surface area (Å²) < 4.78 is 1.91. The average molecular weight is 383 g/mol.